The van der Waals surface area contributed by atoms with Crippen LogP contribution in [0.2, 0.25) is 0 Å². The number of hydroxylamine groups is 1. The number of rotatable bonds is 6. The largest absolute Gasteiger partial charge is 0.787 e. The van der Waals surface area contributed by atoms with E-state index in [1.54, 1.807) is 24.4 Å². The fourth-order valence-electron chi connectivity index (χ4n) is 4.42. The van der Waals surface area contributed by atoms with E-state index in [4.69, 9.17) is 4.74 Å². The van der Waals surface area contributed by atoms with Crippen LogP contribution >= 0.6 is 0 Å². The number of hydrogen-bond donors (Lipinski definition) is 3. The Morgan fingerprint density at radius 2 is 1.91 bits per heavy atom. The maximum absolute atomic E-state index is 13.8. The predicted molar refractivity (Wildman–Crippen MR) is 129 cm³/mol. The van der Waals surface area contributed by atoms with Gasteiger partial charge in [0.05, 0.1) is 6.04 Å². The van der Waals surface area contributed by atoms with Crippen molar-refractivity contribution in [2.75, 3.05) is 6.54 Å². The number of amides is 3. The molecule has 4 rings (SSSR count). The molecular formula is C25H35N4O5-. The Bertz CT molecular complexity index is 899. The Hall–Kier alpha value is -2.91. The lowest BCUT2D eigenvalue weighted by molar-refractivity contribution is -0.144. The zero-order valence-electron chi connectivity index (χ0n) is 20.2. The summed E-state index contributed by atoms with van der Waals surface area (Å²) in [6, 6.07) is 4.56. The molecule has 4 unspecified atom stereocenters. The lowest BCUT2D eigenvalue weighted by atomic mass is 9.96. The van der Waals surface area contributed by atoms with Gasteiger partial charge < -0.3 is 31.0 Å². The topological polar surface area (TPSA) is 123 Å². The van der Waals surface area contributed by atoms with Crippen molar-refractivity contribution in [1.29, 1.82) is 0 Å². The van der Waals surface area contributed by atoms with Crippen molar-refractivity contribution in [2.24, 2.45) is 11.8 Å². The Labute approximate surface area is 200 Å². The molecule has 1 saturated heterocycles. The van der Waals surface area contributed by atoms with E-state index in [9.17, 15) is 19.6 Å². The summed E-state index contributed by atoms with van der Waals surface area (Å²) in [5.41, 5.74) is 2.70. The molecule has 1 aromatic carbocycles. The minimum absolute atomic E-state index is 0.104. The summed E-state index contributed by atoms with van der Waals surface area (Å²) >= 11 is 0. The molecule has 3 N–H and O–H groups in total. The second kappa shape index (κ2) is 11.5. The van der Waals surface area contributed by atoms with E-state index < -0.39 is 36.0 Å². The fourth-order valence-corrected chi connectivity index (χ4v) is 4.42. The van der Waals surface area contributed by atoms with E-state index in [0.29, 0.717) is 31.6 Å². The molecule has 9 heteroatoms. The minimum Gasteiger partial charge on any atom is -0.787 e. The number of benzene rings is 1. The molecule has 4 atom stereocenters. The molecule has 3 heterocycles. The van der Waals surface area contributed by atoms with Crippen LogP contribution in [0, 0.1) is 17.0 Å². The van der Waals surface area contributed by atoms with Crippen molar-refractivity contribution in [2.45, 2.75) is 71.2 Å². The molecule has 0 radical (unpaired) electrons. The number of carbonyl (C=O) groups is 3. The number of hydrogen-bond acceptors (Lipinski definition) is 6. The smallest absolute Gasteiger partial charge is 0.249 e. The maximum Gasteiger partial charge on any atom is 0.249 e. The highest BCUT2D eigenvalue weighted by molar-refractivity contribution is 5.94. The maximum atomic E-state index is 13.8. The third-order valence-corrected chi connectivity index (χ3v) is 6.21. The van der Waals surface area contributed by atoms with Crippen molar-refractivity contribution in [3.8, 4) is 5.75 Å². The average molecular weight is 472 g/mol. The molecule has 34 heavy (non-hydrogen) atoms. The molecule has 1 fully saturated rings. The molecule has 1 aromatic rings. The summed E-state index contributed by atoms with van der Waals surface area (Å²) < 4.78 is 6.24. The van der Waals surface area contributed by atoms with Gasteiger partial charge in [-0.2, -0.15) is 0 Å². The number of nitrogens with zero attached hydrogens (tertiary/aromatic N) is 1. The van der Waals surface area contributed by atoms with Gasteiger partial charge in [0.2, 0.25) is 17.7 Å². The SMILES string of the molecule is CC(C)CC(N[O-])C(=O)NC1C(=O)N2CCCC2C(=O)N/C=C\c2ccc(cc2)OC1C(C)C. The molecule has 0 spiro atoms. The molecule has 3 aliphatic heterocycles. The van der Waals surface area contributed by atoms with Gasteiger partial charge >= 0.3 is 0 Å². The van der Waals surface area contributed by atoms with Crippen LogP contribution < -0.4 is 20.9 Å². The number of nitrogens with one attached hydrogen (secondary N) is 3. The summed E-state index contributed by atoms with van der Waals surface area (Å²) in [4.78, 5) is 41.2. The van der Waals surface area contributed by atoms with E-state index in [0.717, 1.165) is 5.56 Å². The summed E-state index contributed by atoms with van der Waals surface area (Å²) in [7, 11) is 0. The lowest BCUT2D eigenvalue weighted by Gasteiger charge is -2.36. The van der Waals surface area contributed by atoms with Crippen LogP contribution in [0.15, 0.2) is 30.5 Å². The van der Waals surface area contributed by atoms with Crippen LogP contribution in [-0.4, -0.2) is 53.4 Å². The monoisotopic (exact) mass is 471 g/mol. The first-order valence-corrected chi connectivity index (χ1v) is 11.9. The Morgan fingerprint density at radius 1 is 1.21 bits per heavy atom. The van der Waals surface area contributed by atoms with Crippen molar-refractivity contribution in [3.63, 3.8) is 0 Å². The molecule has 3 amide bonds. The second-order valence-electron chi connectivity index (χ2n) is 9.71. The summed E-state index contributed by atoms with van der Waals surface area (Å²) in [6.45, 7) is 8.04. The van der Waals surface area contributed by atoms with E-state index in [1.807, 2.05) is 45.3 Å². The third kappa shape index (κ3) is 6.15. The molecule has 9 nitrogen and oxygen atoms in total. The van der Waals surface area contributed by atoms with Gasteiger partial charge in [0.15, 0.2) is 0 Å². The summed E-state index contributed by atoms with van der Waals surface area (Å²) in [5.74, 6) is -0.718. The molecule has 3 aliphatic rings. The molecule has 0 aromatic heterocycles. The zero-order valence-corrected chi connectivity index (χ0v) is 20.2. The highest BCUT2D eigenvalue weighted by atomic mass is 16.5. The van der Waals surface area contributed by atoms with Crippen molar-refractivity contribution < 1.29 is 19.1 Å². The third-order valence-electron chi connectivity index (χ3n) is 6.21. The first-order valence-electron chi connectivity index (χ1n) is 11.9. The van der Waals surface area contributed by atoms with Gasteiger partial charge in [-0.3, -0.25) is 14.4 Å². The lowest BCUT2D eigenvalue weighted by Crippen LogP contribution is -2.61. The van der Waals surface area contributed by atoms with Crippen molar-refractivity contribution in [3.05, 3.63) is 41.2 Å². The Balaban J connectivity index is 2.00. The van der Waals surface area contributed by atoms with Crippen molar-refractivity contribution >= 4 is 23.8 Å². The van der Waals surface area contributed by atoms with Gasteiger partial charge in [-0.25, -0.2) is 0 Å². The first kappa shape index (κ1) is 25.7. The predicted octanol–water partition coefficient (Wildman–Crippen LogP) is 2.17. The van der Waals surface area contributed by atoms with E-state index in [-0.39, 0.29) is 17.7 Å². The molecule has 0 aliphatic carbocycles. The van der Waals surface area contributed by atoms with Gasteiger partial charge in [-0.15, -0.1) is 0 Å². The van der Waals surface area contributed by atoms with Crippen LogP contribution in [0.3, 0.4) is 0 Å². The Morgan fingerprint density at radius 3 is 2.53 bits per heavy atom. The molecular weight excluding hydrogens is 436 g/mol. The van der Waals surface area contributed by atoms with Crippen LogP contribution in [0.5, 0.6) is 5.75 Å². The average Bonchev–Trinajstić information content (AvgIpc) is 3.29. The number of fused-ring (bicyclic) bond motifs is 7. The number of carbonyl (C=O) groups excluding carboxylic acids is 3. The first-order chi connectivity index (χ1) is 16.2. The van der Waals surface area contributed by atoms with E-state index in [1.165, 1.54) is 4.90 Å². The van der Waals surface area contributed by atoms with E-state index in [2.05, 4.69) is 10.6 Å². The Kier molecular flexibility index (Phi) is 8.68. The van der Waals surface area contributed by atoms with E-state index >= 15 is 0 Å². The van der Waals surface area contributed by atoms with Crippen molar-refractivity contribution in [1.82, 2.24) is 21.0 Å². The fraction of sp³-hybridized carbons (Fsp3) is 0.560. The minimum atomic E-state index is -1.07. The van der Waals surface area contributed by atoms with Crippen LogP contribution in [-0.2, 0) is 14.4 Å². The molecule has 2 bridgehead atoms. The quantitative estimate of drug-likeness (QED) is 0.547. The molecule has 0 saturated carbocycles. The summed E-state index contributed by atoms with van der Waals surface area (Å²) in [5, 5.41) is 17.1. The van der Waals surface area contributed by atoms with Crippen LogP contribution in [0.1, 0.15) is 52.5 Å². The normalized spacial score (nSPS) is 24.9. The highest BCUT2D eigenvalue weighted by Gasteiger charge is 2.42. The highest BCUT2D eigenvalue weighted by Crippen LogP contribution is 2.25. The van der Waals surface area contributed by atoms with Crippen LogP contribution in [0.25, 0.3) is 6.08 Å². The van der Waals surface area contributed by atoms with Gasteiger partial charge in [0.1, 0.15) is 23.9 Å². The summed E-state index contributed by atoms with van der Waals surface area (Å²) in [6.07, 6.45) is 4.17. The molecule has 186 valence electrons. The second-order valence-corrected chi connectivity index (χ2v) is 9.71. The number of ether oxygens (including phenoxy) is 1. The zero-order chi connectivity index (χ0) is 24.8. The van der Waals surface area contributed by atoms with Gasteiger partial charge in [-0.1, -0.05) is 39.8 Å². The standard InChI is InChI=1S/C25H35N4O5/c1-15(2)14-19(28-33)23(30)27-21-22(16(3)4)34-18-9-7-17(8-10-18)11-12-26-24(31)20-6-5-13-29(20)25(21)32/h7-12,15-16,19-22,28H,5-6,13-14H2,1-4H3,(H,26,31)(H,27,30)/q-1/b12-11-. The van der Waals surface area contributed by atoms with Gasteiger partial charge in [-0.05, 0) is 54.9 Å². The van der Waals surface area contributed by atoms with Gasteiger partial charge in [0, 0.05) is 12.7 Å². The van der Waals surface area contributed by atoms with Gasteiger partial charge in [0.25, 0.3) is 0 Å². The van der Waals surface area contributed by atoms with Crippen LogP contribution in [0.4, 0.5) is 0 Å².